The number of benzene rings is 1. The molecule has 30 heavy (non-hydrogen) atoms. The van der Waals surface area contributed by atoms with Gasteiger partial charge in [0.25, 0.3) is 5.91 Å². The van der Waals surface area contributed by atoms with E-state index in [1.54, 1.807) is 24.1 Å². The normalized spacial score (nSPS) is 16.8. The number of ether oxygens (including phenoxy) is 1. The molecule has 0 radical (unpaired) electrons. The molecule has 0 N–H and O–H groups in total. The summed E-state index contributed by atoms with van der Waals surface area (Å²) in [6.45, 7) is 0.790. The first-order valence-electron chi connectivity index (χ1n) is 9.45. The lowest BCUT2D eigenvalue weighted by atomic mass is 10.0. The number of nitrogens with zero attached hydrogens (tertiary/aromatic N) is 3. The standard InChI is InChI=1S/C21H22F3N3O3/c1-26(18-17(21(22,23)24)6-3-11-25-18)16-5-4-12-27(13-16)19(28)14-7-9-15(10-8-14)20(29)30-2/h3,6-11,16H,4-5,12-13H2,1-2H3. The van der Waals surface area contributed by atoms with Crippen molar-refractivity contribution < 1.29 is 27.5 Å². The van der Waals surface area contributed by atoms with Crippen LogP contribution in [0.4, 0.5) is 19.0 Å². The van der Waals surface area contributed by atoms with Gasteiger partial charge in [-0.15, -0.1) is 0 Å². The molecule has 1 aliphatic heterocycles. The van der Waals surface area contributed by atoms with Crippen LogP contribution < -0.4 is 4.90 Å². The summed E-state index contributed by atoms with van der Waals surface area (Å²) in [4.78, 5) is 31.5. The summed E-state index contributed by atoms with van der Waals surface area (Å²) >= 11 is 0. The van der Waals surface area contributed by atoms with Crippen molar-refractivity contribution in [3.8, 4) is 0 Å². The number of pyridine rings is 1. The van der Waals surface area contributed by atoms with Crippen LogP contribution in [0.5, 0.6) is 0 Å². The Morgan fingerprint density at radius 1 is 1.17 bits per heavy atom. The Morgan fingerprint density at radius 3 is 2.47 bits per heavy atom. The average molecular weight is 421 g/mol. The van der Waals surface area contributed by atoms with Crippen LogP contribution >= 0.6 is 0 Å². The highest BCUT2D eigenvalue weighted by molar-refractivity contribution is 5.96. The van der Waals surface area contributed by atoms with Crippen LogP contribution in [-0.4, -0.2) is 55.0 Å². The highest BCUT2D eigenvalue weighted by atomic mass is 19.4. The van der Waals surface area contributed by atoms with E-state index in [9.17, 15) is 22.8 Å². The third kappa shape index (κ3) is 4.55. The van der Waals surface area contributed by atoms with Crippen molar-refractivity contribution in [2.45, 2.75) is 25.1 Å². The predicted molar refractivity (Wildman–Crippen MR) is 104 cm³/mol. The first-order chi connectivity index (χ1) is 14.2. The summed E-state index contributed by atoms with van der Waals surface area (Å²) in [5.74, 6) is -0.877. The van der Waals surface area contributed by atoms with Crippen LogP contribution in [0.25, 0.3) is 0 Å². The second kappa shape index (κ2) is 8.73. The first kappa shape index (κ1) is 21.6. The molecule has 1 amide bonds. The molecule has 1 atom stereocenters. The molecule has 3 rings (SSSR count). The Balaban J connectivity index is 1.75. The number of rotatable bonds is 4. The highest BCUT2D eigenvalue weighted by Gasteiger charge is 2.37. The highest BCUT2D eigenvalue weighted by Crippen LogP contribution is 2.36. The topological polar surface area (TPSA) is 62.7 Å². The van der Waals surface area contributed by atoms with Gasteiger partial charge in [-0.1, -0.05) is 0 Å². The molecule has 1 aromatic carbocycles. The van der Waals surface area contributed by atoms with Crippen molar-refractivity contribution >= 4 is 17.7 Å². The average Bonchev–Trinajstić information content (AvgIpc) is 2.77. The van der Waals surface area contributed by atoms with E-state index in [1.165, 1.54) is 36.4 Å². The van der Waals surface area contributed by atoms with E-state index in [2.05, 4.69) is 9.72 Å². The number of anilines is 1. The number of piperidine rings is 1. The lowest BCUT2D eigenvalue weighted by Gasteiger charge is -2.38. The van der Waals surface area contributed by atoms with Crippen LogP contribution in [0.2, 0.25) is 0 Å². The number of hydrogen-bond acceptors (Lipinski definition) is 5. The maximum absolute atomic E-state index is 13.4. The molecule has 1 aromatic heterocycles. The largest absolute Gasteiger partial charge is 0.465 e. The zero-order valence-electron chi connectivity index (χ0n) is 16.6. The van der Waals surface area contributed by atoms with Gasteiger partial charge in [0.2, 0.25) is 0 Å². The maximum atomic E-state index is 13.4. The van der Waals surface area contributed by atoms with Gasteiger partial charge in [-0.3, -0.25) is 4.79 Å². The molecule has 1 fully saturated rings. The van der Waals surface area contributed by atoms with Crippen molar-refractivity contribution in [2.75, 3.05) is 32.1 Å². The Morgan fingerprint density at radius 2 is 1.83 bits per heavy atom. The summed E-state index contributed by atoms with van der Waals surface area (Å²) < 4.78 is 44.7. The second-order valence-corrected chi connectivity index (χ2v) is 7.10. The van der Waals surface area contributed by atoms with E-state index in [0.717, 1.165) is 6.07 Å². The molecule has 0 aliphatic carbocycles. The van der Waals surface area contributed by atoms with Crippen molar-refractivity contribution in [3.05, 3.63) is 59.3 Å². The molecule has 0 bridgehead atoms. The van der Waals surface area contributed by atoms with Crippen LogP contribution in [-0.2, 0) is 10.9 Å². The summed E-state index contributed by atoms with van der Waals surface area (Å²) in [6, 6.07) is 8.08. The van der Waals surface area contributed by atoms with Gasteiger partial charge in [0.1, 0.15) is 5.82 Å². The van der Waals surface area contributed by atoms with Crippen LogP contribution in [0.3, 0.4) is 0 Å². The lowest BCUT2D eigenvalue weighted by Crippen LogP contribution is -2.49. The number of carbonyl (C=O) groups excluding carboxylic acids is 2. The van der Waals surface area contributed by atoms with Crippen LogP contribution in [0.15, 0.2) is 42.6 Å². The monoisotopic (exact) mass is 421 g/mol. The van der Waals surface area contributed by atoms with E-state index >= 15 is 0 Å². The fourth-order valence-electron chi connectivity index (χ4n) is 3.58. The minimum Gasteiger partial charge on any atom is -0.465 e. The minimum absolute atomic E-state index is 0.147. The summed E-state index contributed by atoms with van der Waals surface area (Å²) in [5, 5.41) is 0. The number of aromatic nitrogens is 1. The third-order valence-corrected chi connectivity index (χ3v) is 5.21. The van der Waals surface area contributed by atoms with E-state index in [1.807, 2.05) is 0 Å². The number of amides is 1. The summed E-state index contributed by atoms with van der Waals surface area (Å²) in [6.07, 6.45) is -1.87. The molecule has 9 heteroatoms. The third-order valence-electron chi connectivity index (χ3n) is 5.21. The molecule has 2 heterocycles. The summed E-state index contributed by atoms with van der Waals surface area (Å²) in [7, 11) is 2.85. The number of hydrogen-bond donors (Lipinski definition) is 0. The van der Waals surface area contributed by atoms with Gasteiger partial charge in [-0.25, -0.2) is 9.78 Å². The van der Waals surface area contributed by atoms with Gasteiger partial charge >= 0.3 is 12.1 Å². The van der Waals surface area contributed by atoms with Crippen LogP contribution in [0.1, 0.15) is 39.1 Å². The maximum Gasteiger partial charge on any atom is 0.419 e. The van der Waals surface area contributed by atoms with Gasteiger partial charge in [-0.2, -0.15) is 13.2 Å². The van der Waals surface area contributed by atoms with Crippen molar-refractivity contribution in [1.29, 1.82) is 0 Å². The minimum atomic E-state index is -4.51. The number of carbonyl (C=O) groups is 2. The zero-order valence-corrected chi connectivity index (χ0v) is 16.6. The first-order valence-corrected chi connectivity index (χ1v) is 9.45. The van der Waals surface area contributed by atoms with Crippen molar-refractivity contribution in [3.63, 3.8) is 0 Å². The zero-order chi connectivity index (χ0) is 21.9. The molecule has 0 spiro atoms. The SMILES string of the molecule is COC(=O)c1ccc(C(=O)N2CCCC(N(C)c3ncccc3C(F)(F)F)C2)cc1. The molecule has 160 valence electrons. The van der Waals surface area contributed by atoms with Crippen molar-refractivity contribution in [2.24, 2.45) is 0 Å². The second-order valence-electron chi connectivity index (χ2n) is 7.10. The molecule has 1 aliphatic rings. The van der Waals surface area contributed by atoms with Gasteiger partial charge in [0.15, 0.2) is 0 Å². The quantitative estimate of drug-likeness (QED) is 0.706. The van der Waals surface area contributed by atoms with E-state index in [-0.39, 0.29) is 24.3 Å². The van der Waals surface area contributed by atoms with Gasteiger partial charge < -0.3 is 14.5 Å². The Bertz CT molecular complexity index is 916. The molecule has 2 aromatic rings. The van der Waals surface area contributed by atoms with Gasteiger partial charge in [0.05, 0.1) is 18.2 Å². The Labute approximate surface area is 172 Å². The molecular formula is C21H22F3N3O3. The predicted octanol–water partition coefficient (Wildman–Crippen LogP) is 3.63. The number of esters is 1. The fraction of sp³-hybridized carbons (Fsp3) is 0.381. The fourth-order valence-corrected chi connectivity index (χ4v) is 3.58. The summed E-state index contributed by atoms with van der Waals surface area (Å²) in [5.41, 5.74) is -0.0609. The molecule has 1 unspecified atom stereocenters. The number of alkyl halides is 3. The van der Waals surface area contributed by atoms with E-state index in [4.69, 9.17) is 0 Å². The number of methoxy groups -OCH3 is 1. The number of halogens is 3. The molecule has 0 saturated carbocycles. The molecular weight excluding hydrogens is 399 g/mol. The van der Waals surface area contributed by atoms with Gasteiger partial charge in [0, 0.05) is 37.9 Å². The Kier molecular flexibility index (Phi) is 6.28. The van der Waals surface area contributed by atoms with Crippen LogP contribution in [0, 0.1) is 0 Å². The van der Waals surface area contributed by atoms with Crippen molar-refractivity contribution in [1.82, 2.24) is 9.88 Å². The van der Waals surface area contributed by atoms with E-state index in [0.29, 0.717) is 30.5 Å². The Hall–Kier alpha value is -3.10. The van der Waals surface area contributed by atoms with E-state index < -0.39 is 17.7 Å². The molecule has 6 nitrogen and oxygen atoms in total. The smallest absolute Gasteiger partial charge is 0.419 e. The number of likely N-dealkylation sites (tertiary alicyclic amines) is 1. The number of likely N-dealkylation sites (N-methyl/N-ethyl adjacent to an activating group) is 1. The van der Waals surface area contributed by atoms with Gasteiger partial charge in [-0.05, 0) is 49.2 Å². The lowest BCUT2D eigenvalue weighted by molar-refractivity contribution is -0.137. The molecule has 1 saturated heterocycles.